The Morgan fingerprint density at radius 3 is 2.86 bits per heavy atom. The fraction of sp³-hybridized carbons (Fsp3) is 0.615. The molecule has 4 nitrogen and oxygen atoms in total. The van der Waals surface area contributed by atoms with Crippen LogP contribution in [0, 0.1) is 0 Å². The summed E-state index contributed by atoms with van der Waals surface area (Å²) in [6.07, 6.45) is -3.56. The van der Waals surface area contributed by atoms with E-state index in [1.165, 1.54) is 6.20 Å². The zero-order chi connectivity index (χ0) is 15.7. The second-order valence-electron chi connectivity index (χ2n) is 5.45. The zero-order valence-corrected chi connectivity index (χ0v) is 13.2. The van der Waals surface area contributed by atoms with Crippen molar-refractivity contribution < 1.29 is 22.6 Å². The molecule has 1 saturated heterocycles. The van der Waals surface area contributed by atoms with Crippen LogP contribution in [0.3, 0.4) is 0 Å². The highest BCUT2D eigenvalue weighted by atomic mass is 79.9. The van der Waals surface area contributed by atoms with Crippen LogP contribution in [0.2, 0.25) is 0 Å². The normalized spacial score (nSPS) is 22.1. The van der Waals surface area contributed by atoms with Gasteiger partial charge in [0, 0.05) is 23.8 Å². The topological polar surface area (TPSA) is 43.4 Å². The summed E-state index contributed by atoms with van der Waals surface area (Å²) < 4.78 is 50.0. The highest BCUT2D eigenvalue weighted by Gasteiger charge is 2.36. The fourth-order valence-electron chi connectivity index (χ4n) is 2.08. The molecule has 0 saturated carbocycles. The van der Waals surface area contributed by atoms with Crippen molar-refractivity contribution in [2.24, 2.45) is 0 Å². The molecule has 0 aromatic carbocycles. The Kier molecular flexibility index (Phi) is 4.79. The van der Waals surface area contributed by atoms with E-state index < -0.39 is 17.6 Å². The predicted molar refractivity (Wildman–Crippen MR) is 74.3 cm³/mol. The maximum absolute atomic E-state index is 12.9. The van der Waals surface area contributed by atoms with Crippen LogP contribution in [-0.2, 0) is 10.9 Å². The van der Waals surface area contributed by atoms with E-state index in [0.29, 0.717) is 13.1 Å². The molecule has 2 heterocycles. The van der Waals surface area contributed by atoms with E-state index in [1.807, 2.05) is 13.8 Å². The maximum Gasteiger partial charge on any atom is 0.421 e. The monoisotopic (exact) mass is 368 g/mol. The SMILES string of the molecule is CC1(C)CNCC(COc2ncc(Br)cc2C(F)(F)F)O1. The standard InChI is InChI=1S/C13H16BrF3N2O2/c1-12(2)7-18-5-9(21-12)6-20-11-10(13(15,16)17)3-8(14)4-19-11/h3-4,9,18H,5-7H2,1-2H3. The van der Waals surface area contributed by atoms with Crippen LogP contribution in [0.25, 0.3) is 0 Å². The van der Waals surface area contributed by atoms with Crippen LogP contribution in [-0.4, -0.2) is 36.4 Å². The second kappa shape index (κ2) is 6.10. The Morgan fingerprint density at radius 1 is 1.52 bits per heavy atom. The Balaban J connectivity index is 2.06. The lowest BCUT2D eigenvalue weighted by atomic mass is 10.1. The van der Waals surface area contributed by atoms with Crippen LogP contribution in [0.15, 0.2) is 16.7 Å². The molecule has 1 aliphatic rings. The first-order valence-electron chi connectivity index (χ1n) is 6.41. The van der Waals surface area contributed by atoms with E-state index in [4.69, 9.17) is 9.47 Å². The molecule has 0 bridgehead atoms. The summed E-state index contributed by atoms with van der Waals surface area (Å²) >= 11 is 2.98. The minimum absolute atomic E-state index is 0.00808. The summed E-state index contributed by atoms with van der Waals surface area (Å²) in [5.41, 5.74) is -1.27. The number of rotatable bonds is 3. The molecule has 0 amide bonds. The van der Waals surface area contributed by atoms with Crippen molar-refractivity contribution in [2.45, 2.75) is 31.7 Å². The van der Waals surface area contributed by atoms with Gasteiger partial charge in [-0.1, -0.05) is 0 Å². The van der Waals surface area contributed by atoms with E-state index >= 15 is 0 Å². The molecule has 1 aliphatic heterocycles. The largest absolute Gasteiger partial charge is 0.474 e. The van der Waals surface area contributed by atoms with Crippen LogP contribution >= 0.6 is 15.9 Å². The quantitative estimate of drug-likeness (QED) is 0.890. The van der Waals surface area contributed by atoms with Crippen LogP contribution in [0.4, 0.5) is 13.2 Å². The molecule has 118 valence electrons. The summed E-state index contributed by atoms with van der Waals surface area (Å²) in [6, 6.07) is 0.951. The van der Waals surface area contributed by atoms with Crippen molar-refractivity contribution in [3.63, 3.8) is 0 Å². The molecule has 21 heavy (non-hydrogen) atoms. The smallest absolute Gasteiger partial charge is 0.421 e. The Morgan fingerprint density at radius 2 is 2.24 bits per heavy atom. The Labute approximate surface area is 129 Å². The van der Waals surface area contributed by atoms with Crippen molar-refractivity contribution in [2.75, 3.05) is 19.7 Å². The van der Waals surface area contributed by atoms with Gasteiger partial charge in [0.15, 0.2) is 0 Å². The number of aromatic nitrogens is 1. The number of hydrogen-bond acceptors (Lipinski definition) is 4. The minimum atomic E-state index is -4.52. The average molecular weight is 369 g/mol. The molecular formula is C13H16BrF3N2O2. The number of nitrogens with one attached hydrogen (secondary N) is 1. The third kappa shape index (κ3) is 4.55. The lowest BCUT2D eigenvalue weighted by molar-refractivity contribution is -0.141. The average Bonchev–Trinajstić information content (AvgIpc) is 2.35. The van der Waals surface area contributed by atoms with Gasteiger partial charge in [0.1, 0.15) is 18.3 Å². The summed E-state index contributed by atoms with van der Waals surface area (Å²) in [6.45, 7) is 5.04. The van der Waals surface area contributed by atoms with Crippen LogP contribution < -0.4 is 10.1 Å². The minimum Gasteiger partial charge on any atom is -0.474 e. The summed E-state index contributed by atoms with van der Waals surface area (Å²) in [4.78, 5) is 3.70. The van der Waals surface area contributed by atoms with Crippen molar-refractivity contribution >= 4 is 15.9 Å². The number of hydrogen-bond donors (Lipinski definition) is 1. The number of pyridine rings is 1. The molecule has 0 spiro atoms. The van der Waals surface area contributed by atoms with E-state index in [0.717, 1.165) is 6.07 Å². The van der Waals surface area contributed by atoms with Crippen molar-refractivity contribution in [1.29, 1.82) is 0 Å². The summed E-state index contributed by atoms with van der Waals surface area (Å²) in [5.74, 6) is -0.433. The number of nitrogens with zero attached hydrogens (tertiary/aromatic N) is 1. The molecular weight excluding hydrogens is 353 g/mol. The van der Waals surface area contributed by atoms with Crippen molar-refractivity contribution in [3.8, 4) is 5.88 Å². The lowest BCUT2D eigenvalue weighted by Crippen LogP contribution is -2.52. The first-order chi connectivity index (χ1) is 9.67. The first kappa shape index (κ1) is 16.5. The molecule has 0 aliphatic carbocycles. The summed E-state index contributed by atoms with van der Waals surface area (Å²) in [7, 11) is 0. The fourth-order valence-corrected chi connectivity index (χ4v) is 2.41. The molecule has 8 heteroatoms. The molecule has 2 rings (SSSR count). The Bertz CT molecular complexity index is 509. The van der Waals surface area contributed by atoms with Gasteiger partial charge in [-0.3, -0.25) is 0 Å². The van der Waals surface area contributed by atoms with Crippen molar-refractivity contribution in [3.05, 3.63) is 22.3 Å². The second-order valence-corrected chi connectivity index (χ2v) is 6.36. The number of morpholine rings is 1. The molecule has 1 aromatic rings. The van der Waals surface area contributed by atoms with Gasteiger partial charge in [-0.25, -0.2) is 4.98 Å². The number of ether oxygens (including phenoxy) is 2. The Hall–Kier alpha value is -0.860. The van der Waals surface area contributed by atoms with Crippen LogP contribution in [0.5, 0.6) is 5.88 Å². The lowest BCUT2D eigenvalue weighted by Gasteiger charge is -2.36. The molecule has 1 unspecified atom stereocenters. The van der Waals surface area contributed by atoms with E-state index in [2.05, 4.69) is 26.2 Å². The molecule has 0 radical (unpaired) electrons. The maximum atomic E-state index is 12.9. The molecule has 1 fully saturated rings. The first-order valence-corrected chi connectivity index (χ1v) is 7.21. The van der Waals surface area contributed by atoms with E-state index in [1.54, 1.807) is 0 Å². The zero-order valence-electron chi connectivity index (χ0n) is 11.6. The van der Waals surface area contributed by atoms with E-state index in [-0.39, 0.29) is 22.8 Å². The van der Waals surface area contributed by atoms with Crippen LogP contribution in [0.1, 0.15) is 19.4 Å². The highest BCUT2D eigenvalue weighted by molar-refractivity contribution is 9.10. The van der Waals surface area contributed by atoms with Gasteiger partial charge >= 0.3 is 6.18 Å². The third-order valence-corrected chi connectivity index (χ3v) is 3.37. The van der Waals surface area contributed by atoms with Gasteiger partial charge in [-0.05, 0) is 35.8 Å². The molecule has 1 aromatic heterocycles. The summed E-state index contributed by atoms with van der Waals surface area (Å²) in [5, 5.41) is 3.16. The van der Waals surface area contributed by atoms with Gasteiger partial charge in [0.2, 0.25) is 5.88 Å². The van der Waals surface area contributed by atoms with Gasteiger partial charge < -0.3 is 14.8 Å². The number of alkyl halides is 3. The highest BCUT2D eigenvalue weighted by Crippen LogP contribution is 2.36. The van der Waals surface area contributed by atoms with E-state index in [9.17, 15) is 13.2 Å². The number of halogens is 4. The van der Waals surface area contributed by atoms with Gasteiger partial charge in [0.05, 0.1) is 5.60 Å². The predicted octanol–water partition coefficient (Wildman–Crippen LogP) is 3.01. The van der Waals surface area contributed by atoms with Gasteiger partial charge in [-0.15, -0.1) is 0 Å². The van der Waals surface area contributed by atoms with Gasteiger partial charge in [0.25, 0.3) is 0 Å². The van der Waals surface area contributed by atoms with Crippen molar-refractivity contribution in [1.82, 2.24) is 10.3 Å². The molecule has 1 atom stereocenters. The molecule has 1 N–H and O–H groups in total. The third-order valence-electron chi connectivity index (χ3n) is 2.94. The van der Waals surface area contributed by atoms with Gasteiger partial charge in [-0.2, -0.15) is 13.2 Å².